The number of halogens is 1. The fraction of sp³-hybridized carbons (Fsp3) is 0.667. The van der Waals surface area contributed by atoms with Gasteiger partial charge in [-0.25, -0.2) is 0 Å². The molecule has 0 bridgehead atoms. The summed E-state index contributed by atoms with van der Waals surface area (Å²) in [5.41, 5.74) is 4.73. The Bertz CT molecular complexity index is 58.9. The Morgan fingerprint density at radius 3 is 2.29 bits per heavy atom. The second-order valence-corrected chi connectivity index (χ2v) is 2.02. The molecule has 4 heteroatoms. The van der Waals surface area contributed by atoms with Crippen LogP contribution in [0.25, 0.3) is 0 Å². The highest BCUT2D eigenvalue weighted by Gasteiger charge is 1.84. The van der Waals surface area contributed by atoms with Crippen molar-refractivity contribution in [2.75, 3.05) is 5.75 Å². The Labute approximate surface area is 57.6 Å². The Kier molecular flexibility index (Phi) is 9.28. The number of nitrogens with two attached hydrogens (primary N) is 1. The number of amides is 1. The van der Waals surface area contributed by atoms with E-state index in [1.807, 2.05) is 6.92 Å². The summed E-state index contributed by atoms with van der Waals surface area (Å²) in [5, 5.41) is -0.294. The van der Waals surface area contributed by atoms with Crippen LogP contribution in [0.1, 0.15) is 6.92 Å². The van der Waals surface area contributed by atoms with Gasteiger partial charge < -0.3 is 5.73 Å². The molecule has 0 aliphatic rings. The summed E-state index contributed by atoms with van der Waals surface area (Å²) < 4.78 is 0. The summed E-state index contributed by atoms with van der Waals surface area (Å²) in [6.45, 7) is 1.88. The molecule has 0 aliphatic heterocycles. The zero-order valence-electron chi connectivity index (χ0n) is 4.01. The normalized spacial score (nSPS) is 7.00. The van der Waals surface area contributed by atoms with Gasteiger partial charge in [-0.2, -0.15) is 0 Å². The number of rotatable bonds is 1. The van der Waals surface area contributed by atoms with E-state index in [9.17, 15) is 4.79 Å². The Morgan fingerprint density at radius 1 is 1.86 bits per heavy atom. The smallest absolute Gasteiger partial charge is 0.276 e. The first kappa shape index (κ1) is 10.3. The van der Waals surface area contributed by atoms with Crippen molar-refractivity contribution < 1.29 is 4.79 Å². The van der Waals surface area contributed by atoms with Crippen LogP contribution in [0.15, 0.2) is 0 Å². The molecule has 0 aliphatic carbocycles. The molecule has 1 amide bonds. The minimum absolute atomic E-state index is 0. The van der Waals surface area contributed by atoms with Crippen molar-refractivity contribution in [2.45, 2.75) is 6.92 Å². The van der Waals surface area contributed by atoms with E-state index in [0.29, 0.717) is 0 Å². The van der Waals surface area contributed by atoms with Gasteiger partial charge in [0.15, 0.2) is 0 Å². The van der Waals surface area contributed by atoms with Crippen molar-refractivity contribution in [3.8, 4) is 0 Å². The first-order valence-corrected chi connectivity index (χ1v) is 2.68. The van der Waals surface area contributed by atoms with Crippen LogP contribution in [0, 0.1) is 0 Å². The maximum Gasteiger partial charge on any atom is 0.276 e. The largest absolute Gasteiger partial charge is 0.361 e. The number of carbonyl (C=O) groups excluding carboxylic acids is 1. The van der Waals surface area contributed by atoms with Crippen LogP contribution in [0.5, 0.6) is 0 Å². The van der Waals surface area contributed by atoms with Gasteiger partial charge in [0.05, 0.1) is 0 Å². The molecule has 0 atom stereocenters. The summed E-state index contributed by atoms with van der Waals surface area (Å²) in [4.78, 5) is 9.78. The Balaban J connectivity index is 0. The lowest BCUT2D eigenvalue weighted by molar-refractivity contribution is 0.267. The second-order valence-electron chi connectivity index (χ2n) is 0.752. The lowest BCUT2D eigenvalue weighted by Gasteiger charge is -1.81. The average Bonchev–Trinajstić information content (AvgIpc) is 1.35. The first-order valence-electron chi connectivity index (χ1n) is 1.69. The van der Waals surface area contributed by atoms with Crippen molar-refractivity contribution in [1.82, 2.24) is 0 Å². The van der Waals surface area contributed by atoms with Gasteiger partial charge in [0.2, 0.25) is 0 Å². The summed E-state index contributed by atoms with van der Waals surface area (Å²) in [6.07, 6.45) is 0. The Morgan fingerprint density at radius 2 is 2.29 bits per heavy atom. The van der Waals surface area contributed by atoms with Crippen molar-refractivity contribution in [2.24, 2.45) is 5.73 Å². The quantitative estimate of drug-likeness (QED) is 0.672. The van der Waals surface area contributed by atoms with Crippen LogP contribution in [0.3, 0.4) is 0 Å². The summed E-state index contributed by atoms with van der Waals surface area (Å²) in [5.74, 6) is 0.773. The highest BCUT2D eigenvalue weighted by molar-refractivity contribution is 8.93. The number of carbonyl (C=O) groups is 1. The minimum atomic E-state index is -0.294. The first-order chi connectivity index (χ1) is 2.77. The number of primary amides is 1. The summed E-state index contributed by atoms with van der Waals surface area (Å²) in [7, 11) is 0. The minimum Gasteiger partial charge on any atom is -0.361 e. The molecule has 0 saturated heterocycles. The predicted octanol–water partition coefficient (Wildman–Crippen LogP) is 1.40. The Hall–Kier alpha value is 0.300. The lowest BCUT2D eigenvalue weighted by Crippen LogP contribution is -2.01. The fourth-order valence-electron chi connectivity index (χ4n) is 0.142. The second kappa shape index (κ2) is 6.30. The molecule has 2 N–H and O–H groups in total. The van der Waals surface area contributed by atoms with Gasteiger partial charge in [0.25, 0.3) is 5.24 Å². The van der Waals surface area contributed by atoms with E-state index in [0.717, 1.165) is 17.5 Å². The van der Waals surface area contributed by atoms with Gasteiger partial charge in [0.1, 0.15) is 0 Å². The molecule has 0 aromatic rings. The molecule has 0 heterocycles. The molecule has 0 radical (unpaired) electrons. The van der Waals surface area contributed by atoms with E-state index in [-0.39, 0.29) is 22.2 Å². The van der Waals surface area contributed by atoms with Crippen molar-refractivity contribution in [1.29, 1.82) is 0 Å². The third-order valence-electron chi connectivity index (χ3n) is 0.287. The molecule has 2 nitrogen and oxygen atoms in total. The standard InChI is InChI=1S/C3H7NOS.BrH/c1-2-6-3(4)5;/h2H2,1H3,(H2,4,5);1H. The third kappa shape index (κ3) is 10.7. The molecule has 0 aromatic heterocycles. The van der Waals surface area contributed by atoms with Gasteiger partial charge in [-0.05, 0) is 5.75 Å². The van der Waals surface area contributed by atoms with E-state index in [1.165, 1.54) is 0 Å². The molecular formula is C3H8BrNOS. The molecule has 44 valence electrons. The van der Waals surface area contributed by atoms with E-state index < -0.39 is 0 Å². The fourth-order valence-corrected chi connectivity index (χ4v) is 0.427. The molecular weight excluding hydrogens is 178 g/mol. The molecule has 0 spiro atoms. The zero-order chi connectivity index (χ0) is 4.99. The maximum atomic E-state index is 9.78. The van der Waals surface area contributed by atoms with Crippen molar-refractivity contribution in [3.63, 3.8) is 0 Å². The van der Waals surface area contributed by atoms with Crippen molar-refractivity contribution in [3.05, 3.63) is 0 Å². The van der Waals surface area contributed by atoms with Crippen LogP contribution < -0.4 is 5.73 Å². The molecule has 7 heavy (non-hydrogen) atoms. The average molecular weight is 186 g/mol. The van der Waals surface area contributed by atoms with E-state index >= 15 is 0 Å². The summed E-state index contributed by atoms with van der Waals surface area (Å²) in [6, 6.07) is 0. The van der Waals surface area contributed by atoms with Crippen molar-refractivity contribution >= 4 is 34.0 Å². The van der Waals surface area contributed by atoms with Crippen LogP contribution in [-0.4, -0.2) is 11.0 Å². The van der Waals surface area contributed by atoms with Gasteiger partial charge in [-0.3, -0.25) is 4.79 Å². The lowest BCUT2D eigenvalue weighted by atomic mass is 11.0. The van der Waals surface area contributed by atoms with Crippen LogP contribution >= 0.6 is 28.7 Å². The molecule has 0 rings (SSSR count). The van der Waals surface area contributed by atoms with Gasteiger partial charge >= 0.3 is 0 Å². The van der Waals surface area contributed by atoms with E-state index in [1.54, 1.807) is 0 Å². The zero-order valence-corrected chi connectivity index (χ0v) is 6.54. The van der Waals surface area contributed by atoms with Gasteiger partial charge in [-0.1, -0.05) is 18.7 Å². The number of thioether (sulfide) groups is 1. The monoisotopic (exact) mass is 185 g/mol. The highest BCUT2D eigenvalue weighted by Crippen LogP contribution is 1.94. The van der Waals surface area contributed by atoms with E-state index in [4.69, 9.17) is 5.73 Å². The molecule has 0 unspecified atom stereocenters. The predicted molar refractivity (Wildman–Crippen MR) is 38.0 cm³/mol. The third-order valence-corrected chi connectivity index (χ3v) is 0.860. The maximum absolute atomic E-state index is 9.78. The van der Waals surface area contributed by atoms with Crippen LogP contribution in [0.2, 0.25) is 0 Å². The molecule has 0 saturated carbocycles. The van der Waals surface area contributed by atoms with Crippen LogP contribution in [0.4, 0.5) is 4.79 Å². The topological polar surface area (TPSA) is 43.1 Å². The molecule has 0 aromatic carbocycles. The van der Waals surface area contributed by atoms with Crippen LogP contribution in [-0.2, 0) is 0 Å². The van der Waals surface area contributed by atoms with E-state index in [2.05, 4.69) is 0 Å². The molecule has 0 fully saturated rings. The number of hydrogen-bond donors (Lipinski definition) is 1. The van der Waals surface area contributed by atoms with Gasteiger partial charge in [0, 0.05) is 0 Å². The van der Waals surface area contributed by atoms with Gasteiger partial charge in [-0.15, -0.1) is 17.0 Å². The highest BCUT2D eigenvalue weighted by atomic mass is 79.9. The number of hydrogen-bond acceptors (Lipinski definition) is 2. The summed E-state index contributed by atoms with van der Waals surface area (Å²) >= 11 is 1.12. The SMILES string of the molecule is Br.CCSC(N)=O.